The van der Waals surface area contributed by atoms with Gasteiger partial charge in [-0.25, -0.2) is 9.69 Å². The number of anilines is 1. The summed E-state index contributed by atoms with van der Waals surface area (Å²) in [5.41, 5.74) is 0.202. The Morgan fingerprint density at radius 2 is 1.57 bits per heavy atom. The molecule has 3 aliphatic heterocycles. The summed E-state index contributed by atoms with van der Waals surface area (Å²) in [5, 5.41) is 0.523. The number of amides is 5. The number of rotatable bonds is 5. The van der Waals surface area contributed by atoms with Crippen LogP contribution in [0.2, 0.25) is 5.02 Å². The second kappa shape index (κ2) is 9.70. The van der Waals surface area contributed by atoms with E-state index >= 15 is 0 Å². The zero-order valence-corrected chi connectivity index (χ0v) is 24.9. The van der Waals surface area contributed by atoms with Crippen molar-refractivity contribution in [2.75, 3.05) is 12.0 Å². The highest BCUT2D eigenvalue weighted by atomic mass is 35.5. The number of nitrogens with zero attached hydrogens (tertiary/aromatic N) is 3. The smallest absolute Gasteiger partial charge is 0.332 e. The van der Waals surface area contributed by atoms with Gasteiger partial charge in [0.15, 0.2) is 0 Å². The van der Waals surface area contributed by atoms with E-state index in [2.05, 4.69) is 0 Å². The Kier molecular flexibility index (Phi) is 6.46. The molecule has 42 heavy (non-hydrogen) atoms. The highest BCUT2D eigenvalue weighted by Gasteiger charge is 2.77. The Hall–Kier alpha value is -4.17. The fourth-order valence-corrected chi connectivity index (χ4v) is 7.11. The molecule has 3 heterocycles. The number of halogens is 1. The zero-order chi connectivity index (χ0) is 30.1. The van der Waals surface area contributed by atoms with Crippen molar-refractivity contribution in [1.82, 2.24) is 9.80 Å². The zero-order valence-electron chi connectivity index (χ0n) is 24.1. The van der Waals surface area contributed by atoms with Crippen molar-refractivity contribution in [1.29, 1.82) is 0 Å². The first-order valence-electron chi connectivity index (χ1n) is 13.9. The van der Waals surface area contributed by atoms with Crippen molar-refractivity contribution < 1.29 is 23.9 Å². The number of hydrogen-bond donors (Lipinski definition) is 0. The van der Waals surface area contributed by atoms with E-state index in [9.17, 15) is 19.2 Å². The standard InChI is InChI=1S/C33H32ClN3O5/c1-19-7-6-8-23(17-19)35-30(40)33(18-20-9-13-22(34)14-10-20)26-25(28(38)37(29(26)39)32(2,3)4)27(36(33)31(35)41)21-11-15-24(42-5)16-12-21/h6-17,25-27H,18H2,1-5H3/t25?,26?,27?,33-/m1/s1. The average molecular weight is 586 g/mol. The fourth-order valence-electron chi connectivity index (χ4n) is 6.98. The van der Waals surface area contributed by atoms with Gasteiger partial charge in [0, 0.05) is 17.0 Å². The first kappa shape index (κ1) is 28.0. The summed E-state index contributed by atoms with van der Waals surface area (Å²) >= 11 is 6.18. The summed E-state index contributed by atoms with van der Waals surface area (Å²) in [6, 6.07) is 19.9. The maximum absolute atomic E-state index is 14.9. The van der Waals surface area contributed by atoms with Gasteiger partial charge >= 0.3 is 6.03 Å². The number of hydrogen-bond acceptors (Lipinski definition) is 5. The number of benzene rings is 3. The number of carbonyl (C=O) groups excluding carboxylic acids is 4. The van der Waals surface area contributed by atoms with Crippen LogP contribution in [-0.4, -0.2) is 51.7 Å². The van der Waals surface area contributed by atoms with Gasteiger partial charge in [-0.2, -0.15) is 0 Å². The third-order valence-electron chi connectivity index (χ3n) is 8.66. The summed E-state index contributed by atoms with van der Waals surface area (Å²) in [4.78, 5) is 62.0. The first-order valence-corrected chi connectivity index (χ1v) is 14.3. The third kappa shape index (κ3) is 3.96. The largest absolute Gasteiger partial charge is 0.497 e. The second-order valence-electron chi connectivity index (χ2n) is 12.3. The van der Waals surface area contributed by atoms with Gasteiger partial charge in [0.2, 0.25) is 11.8 Å². The SMILES string of the molecule is COc1ccc(C2C3C(=O)N(C(C)(C)C)C(=O)C3[C@]3(Cc4ccc(Cl)cc4)C(=O)N(c4cccc(C)c4)C(=O)N23)cc1. The molecule has 0 saturated carbocycles. The Balaban J connectivity index is 1.62. The molecule has 3 aromatic rings. The normalized spacial score (nSPS) is 25.4. The lowest BCUT2D eigenvalue weighted by Crippen LogP contribution is -2.57. The molecule has 3 aliphatic rings. The molecule has 216 valence electrons. The maximum atomic E-state index is 14.9. The average Bonchev–Trinajstić information content (AvgIpc) is 3.47. The maximum Gasteiger partial charge on any atom is 0.332 e. The van der Waals surface area contributed by atoms with Crippen molar-refractivity contribution in [3.63, 3.8) is 0 Å². The van der Waals surface area contributed by atoms with Crippen molar-refractivity contribution in [2.24, 2.45) is 11.8 Å². The molecule has 0 N–H and O–H groups in total. The molecule has 0 spiro atoms. The van der Waals surface area contributed by atoms with Gasteiger partial charge in [-0.15, -0.1) is 0 Å². The van der Waals surface area contributed by atoms with Gasteiger partial charge in [0.1, 0.15) is 11.3 Å². The lowest BCUT2D eigenvalue weighted by Gasteiger charge is -2.38. The van der Waals surface area contributed by atoms with E-state index in [-0.39, 0.29) is 12.3 Å². The number of fused-ring (bicyclic) bond motifs is 3. The van der Waals surface area contributed by atoms with Crippen LogP contribution in [0.15, 0.2) is 72.8 Å². The van der Waals surface area contributed by atoms with Gasteiger partial charge in [-0.3, -0.25) is 19.3 Å². The van der Waals surface area contributed by atoms with Gasteiger partial charge < -0.3 is 9.64 Å². The number of ether oxygens (including phenoxy) is 1. The molecule has 3 unspecified atom stereocenters. The van der Waals surface area contributed by atoms with Crippen LogP contribution >= 0.6 is 11.6 Å². The minimum atomic E-state index is -1.64. The molecule has 0 aromatic heterocycles. The molecule has 3 aromatic carbocycles. The van der Waals surface area contributed by atoms with Crippen LogP contribution in [0.4, 0.5) is 10.5 Å². The number of carbonyl (C=O) groups is 4. The topological polar surface area (TPSA) is 87.2 Å². The van der Waals surface area contributed by atoms with Crippen LogP contribution in [0.3, 0.4) is 0 Å². The van der Waals surface area contributed by atoms with Crippen molar-refractivity contribution in [2.45, 2.75) is 51.2 Å². The number of aryl methyl sites for hydroxylation is 1. The fraction of sp³-hybridized carbons (Fsp3) is 0.333. The molecular weight excluding hydrogens is 554 g/mol. The van der Waals surface area contributed by atoms with E-state index < -0.39 is 46.8 Å². The van der Waals surface area contributed by atoms with Gasteiger partial charge in [0.25, 0.3) is 5.91 Å². The molecule has 9 heteroatoms. The highest BCUT2D eigenvalue weighted by Crippen LogP contribution is 2.60. The quantitative estimate of drug-likeness (QED) is 0.289. The van der Waals surface area contributed by atoms with E-state index in [0.29, 0.717) is 22.0 Å². The second-order valence-corrected chi connectivity index (χ2v) is 12.7. The molecule has 0 aliphatic carbocycles. The van der Waals surface area contributed by atoms with Gasteiger partial charge in [0.05, 0.1) is 30.7 Å². The van der Waals surface area contributed by atoms with E-state index in [1.54, 1.807) is 94.6 Å². The molecule has 3 fully saturated rings. The minimum absolute atomic E-state index is 0.0435. The summed E-state index contributed by atoms with van der Waals surface area (Å²) in [6.07, 6.45) is 0.0435. The molecular formula is C33H32ClN3O5. The summed E-state index contributed by atoms with van der Waals surface area (Å²) < 4.78 is 5.35. The Bertz CT molecular complexity index is 1610. The van der Waals surface area contributed by atoms with Crippen LogP contribution < -0.4 is 9.64 Å². The number of likely N-dealkylation sites (tertiary alicyclic amines) is 1. The van der Waals surface area contributed by atoms with Crippen LogP contribution in [0.25, 0.3) is 0 Å². The van der Waals surface area contributed by atoms with Crippen molar-refractivity contribution in [3.8, 4) is 5.75 Å². The summed E-state index contributed by atoms with van der Waals surface area (Å²) in [6.45, 7) is 7.29. The summed E-state index contributed by atoms with van der Waals surface area (Å²) in [7, 11) is 1.56. The Morgan fingerprint density at radius 3 is 2.17 bits per heavy atom. The molecule has 6 rings (SSSR count). The van der Waals surface area contributed by atoms with Gasteiger partial charge in [-0.05, 0) is 80.8 Å². The molecule has 0 radical (unpaired) electrons. The number of methoxy groups -OCH3 is 1. The molecule has 5 amide bonds. The van der Waals surface area contributed by atoms with Crippen molar-refractivity contribution >= 4 is 41.0 Å². The Labute approximate surface area is 249 Å². The monoisotopic (exact) mass is 585 g/mol. The summed E-state index contributed by atoms with van der Waals surface area (Å²) in [5.74, 6) is -2.76. The molecule has 8 nitrogen and oxygen atoms in total. The molecule has 3 saturated heterocycles. The van der Waals surface area contributed by atoms with Crippen LogP contribution in [0, 0.1) is 18.8 Å². The van der Waals surface area contributed by atoms with E-state index in [0.717, 1.165) is 11.1 Å². The third-order valence-corrected chi connectivity index (χ3v) is 8.91. The molecule has 0 bridgehead atoms. The Morgan fingerprint density at radius 1 is 0.905 bits per heavy atom. The highest BCUT2D eigenvalue weighted by molar-refractivity contribution is 6.30. The predicted octanol–water partition coefficient (Wildman–Crippen LogP) is 5.56. The van der Waals surface area contributed by atoms with E-state index in [1.165, 1.54) is 14.7 Å². The van der Waals surface area contributed by atoms with Crippen LogP contribution in [0.1, 0.15) is 43.5 Å². The van der Waals surface area contributed by atoms with Crippen LogP contribution in [0.5, 0.6) is 5.75 Å². The predicted molar refractivity (Wildman–Crippen MR) is 158 cm³/mol. The molecule has 4 atom stereocenters. The van der Waals surface area contributed by atoms with E-state index in [4.69, 9.17) is 16.3 Å². The first-order chi connectivity index (χ1) is 19.9. The van der Waals surface area contributed by atoms with Crippen LogP contribution in [-0.2, 0) is 20.8 Å². The number of urea groups is 1. The number of imide groups is 2. The lowest BCUT2D eigenvalue weighted by molar-refractivity contribution is -0.149. The minimum Gasteiger partial charge on any atom is -0.497 e. The lowest BCUT2D eigenvalue weighted by atomic mass is 9.75. The van der Waals surface area contributed by atoms with E-state index in [1.807, 2.05) is 13.0 Å². The van der Waals surface area contributed by atoms with Crippen molar-refractivity contribution in [3.05, 3.63) is 94.5 Å². The van der Waals surface area contributed by atoms with Gasteiger partial charge in [-0.1, -0.05) is 48.0 Å².